The lowest BCUT2D eigenvalue weighted by Crippen LogP contribution is -2.24. The molecular formula is C9H9BrF2N2. The summed E-state index contributed by atoms with van der Waals surface area (Å²) >= 11 is 3.20. The van der Waals surface area contributed by atoms with Crippen LogP contribution in [-0.4, -0.2) is 24.0 Å². The van der Waals surface area contributed by atoms with Gasteiger partial charge < -0.3 is 4.90 Å². The molecule has 0 atom stereocenters. The third-order valence-electron chi connectivity index (χ3n) is 2.25. The maximum Gasteiger partial charge on any atom is 0.266 e. The molecule has 1 aliphatic rings. The molecular weight excluding hydrogens is 254 g/mol. The van der Waals surface area contributed by atoms with E-state index in [1.807, 2.05) is 0 Å². The molecule has 0 aliphatic carbocycles. The Balaban J connectivity index is 2.14. The summed E-state index contributed by atoms with van der Waals surface area (Å²) in [5.74, 6) is -2.55. The number of anilines is 1. The fourth-order valence-corrected chi connectivity index (χ4v) is 1.75. The molecule has 0 radical (unpaired) electrons. The van der Waals surface area contributed by atoms with Gasteiger partial charge in [0.1, 0.15) is 4.60 Å². The van der Waals surface area contributed by atoms with Gasteiger partial charge in [0.15, 0.2) is 0 Å². The lowest BCUT2D eigenvalue weighted by atomic mass is 10.3. The van der Waals surface area contributed by atoms with Gasteiger partial charge >= 0.3 is 0 Å². The van der Waals surface area contributed by atoms with E-state index in [0.29, 0.717) is 11.1 Å². The van der Waals surface area contributed by atoms with E-state index in [-0.39, 0.29) is 13.0 Å². The van der Waals surface area contributed by atoms with E-state index >= 15 is 0 Å². The van der Waals surface area contributed by atoms with Crippen molar-refractivity contribution in [2.45, 2.75) is 12.3 Å². The number of nitrogens with zero attached hydrogens (tertiary/aromatic N) is 2. The summed E-state index contributed by atoms with van der Waals surface area (Å²) in [4.78, 5) is 5.65. The van der Waals surface area contributed by atoms with Crippen molar-refractivity contribution >= 4 is 21.6 Å². The number of pyridine rings is 1. The standard InChI is InChI=1S/C9H9BrF2N2/c10-8-2-1-7(5-13-8)14-4-3-9(11,12)6-14/h1-2,5H,3-4,6H2. The Morgan fingerprint density at radius 1 is 1.43 bits per heavy atom. The fraction of sp³-hybridized carbons (Fsp3) is 0.444. The molecule has 1 saturated heterocycles. The maximum atomic E-state index is 12.9. The summed E-state index contributed by atoms with van der Waals surface area (Å²) in [6.07, 6.45) is 1.54. The highest BCUT2D eigenvalue weighted by Crippen LogP contribution is 2.30. The number of hydrogen-bond donors (Lipinski definition) is 0. The molecule has 1 fully saturated rings. The number of aromatic nitrogens is 1. The number of rotatable bonds is 1. The van der Waals surface area contributed by atoms with Crippen molar-refractivity contribution in [2.24, 2.45) is 0 Å². The van der Waals surface area contributed by atoms with Crippen LogP contribution in [0.5, 0.6) is 0 Å². The average Bonchev–Trinajstić information content (AvgIpc) is 2.47. The van der Waals surface area contributed by atoms with E-state index in [1.165, 1.54) is 0 Å². The van der Waals surface area contributed by atoms with Gasteiger partial charge in [0.25, 0.3) is 5.92 Å². The van der Waals surface area contributed by atoms with Crippen LogP contribution in [0.3, 0.4) is 0 Å². The largest absolute Gasteiger partial charge is 0.364 e. The van der Waals surface area contributed by atoms with Crippen LogP contribution in [-0.2, 0) is 0 Å². The Morgan fingerprint density at radius 2 is 2.21 bits per heavy atom. The zero-order valence-corrected chi connectivity index (χ0v) is 8.97. The molecule has 76 valence electrons. The van der Waals surface area contributed by atoms with Gasteiger partial charge in [0, 0.05) is 13.0 Å². The van der Waals surface area contributed by atoms with Gasteiger partial charge in [-0.3, -0.25) is 0 Å². The van der Waals surface area contributed by atoms with Gasteiger partial charge in [-0.1, -0.05) is 0 Å². The van der Waals surface area contributed by atoms with Crippen molar-refractivity contribution in [3.8, 4) is 0 Å². The molecule has 0 aromatic carbocycles. The lowest BCUT2D eigenvalue weighted by Gasteiger charge is -2.17. The van der Waals surface area contributed by atoms with Crippen molar-refractivity contribution in [2.75, 3.05) is 18.0 Å². The molecule has 0 bridgehead atoms. The monoisotopic (exact) mass is 262 g/mol. The van der Waals surface area contributed by atoms with Gasteiger partial charge in [-0.15, -0.1) is 0 Å². The Morgan fingerprint density at radius 3 is 2.71 bits per heavy atom. The normalized spacial score (nSPS) is 20.1. The van der Waals surface area contributed by atoms with Crippen LogP contribution in [0.15, 0.2) is 22.9 Å². The van der Waals surface area contributed by atoms with Crippen molar-refractivity contribution in [3.63, 3.8) is 0 Å². The summed E-state index contributed by atoms with van der Waals surface area (Å²) in [5, 5.41) is 0. The molecule has 1 aliphatic heterocycles. The van der Waals surface area contributed by atoms with Crippen LogP contribution in [0.1, 0.15) is 6.42 Å². The molecule has 0 unspecified atom stereocenters. The molecule has 0 N–H and O–H groups in total. The maximum absolute atomic E-state index is 12.9. The summed E-state index contributed by atoms with van der Waals surface area (Å²) in [6, 6.07) is 3.55. The molecule has 14 heavy (non-hydrogen) atoms. The second-order valence-electron chi connectivity index (χ2n) is 3.37. The summed E-state index contributed by atoms with van der Waals surface area (Å²) in [5.41, 5.74) is 0.755. The lowest BCUT2D eigenvalue weighted by molar-refractivity contribution is 0.0257. The third-order valence-corrected chi connectivity index (χ3v) is 2.72. The second kappa shape index (κ2) is 3.46. The molecule has 2 nitrogen and oxygen atoms in total. The second-order valence-corrected chi connectivity index (χ2v) is 4.18. The first kappa shape index (κ1) is 9.83. The smallest absolute Gasteiger partial charge is 0.266 e. The third kappa shape index (κ3) is 2.03. The minimum absolute atomic E-state index is 0.0664. The predicted octanol–water partition coefficient (Wildman–Crippen LogP) is 2.69. The molecule has 2 rings (SSSR count). The molecule has 0 amide bonds. The summed E-state index contributed by atoms with van der Waals surface area (Å²) < 4.78 is 26.5. The molecule has 1 aromatic heterocycles. The Kier molecular flexibility index (Phi) is 2.43. The zero-order valence-electron chi connectivity index (χ0n) is 7.38. The van der Waals surface area contributed by atoms with Crippen LogP contribution >= 0.6 is 15.9 Å². The van der Waals surface area contributed by atoms with Gasteiger partial charge in [0.2, 0.25) is 0 Å². The highest BCUT2D eigenvalue weighted by Gasteiger charge is 2.38. The van der Waals surface area contributed by atoms with Crippen molar-refractivity contribution in [1.82, 2.24) is 4.98 Å². The van der Waals surface area contributed by atoms with Crippen LogP contribution in [0.4, 0.5) is 14.5 Å². The van der Waals surface area contributed by atoms with E-state index in [2.05, 4.69) is 20.9 Å². The SMILES string of the molecule is FC1(F)CCN(c2ccc(Br)nc2)C1. The van der Waals surface area contributed by atoms with Crippen LogP contribution < -0.4 is 4.90 Å². The van der Waals surface area contributed by atoms with E-state index in [9.17, 15) is 8.78 Å². The zero-order chi connectivity index (χ0) is 10.2. The predicted molar refractivity (Wildman–Crippen MR) is 53.7 cm³/mol. The van der Waals surface area contributed by atoms with Gasteiger partial charge in [-0.25, -0.2) is 13.8 Å². The number of halogens is 3. The highest BCUT2D eigenvalue weighted by molar-refractivity contribution is 9.10. The highest BCUT2D eigenvalue weighted by atomic mass is 79.9. The molecule has 0 spiro atoms. The van der Waals surface area contributed by atoms with Crippen LogP contribution in [0, 0.1) is 0 Å². The van der Waals surface area contributed by atoms with Crippen molar-refractivity contribution < 1.29 is 8.78 Å². The van der Waals surface area contributed by atoms with E-state index in [0.717, 1.165) is 5.69 Å². The van der Waals surface area contributed by atoms with Gasteiger partial charge in [-0.2, -0.15) is 0 Å². The minimum Gasteiger partial charge on any atom is -0.364 e. The van der Waals surface area contributed by atoms with Gasteiger partial charge in [0.05, 0.1) is 18.4 Å². The van der Waals surface area contributed by atoms with Crippen LogP contribution in [0.25, 0.3) is 0 Å². The van der Waals surface area contributed by atoms with Gasteiger partial charge in [-0.05, 0) is 28.1 Å². The first-order valence-corrected chi connectivity index (χ1v) is 5.10. The van der Waals surface area contributed by atoms with Crippen molar-refractivity contribution in [3.05, 3.63) is 22.9 Å². The Labute approximate surface area is 89.1 Å². The first-order chi connectivity index (χ1) is 6.57. The van der Waals surface area contributed by atoms with E-state index < -0.39 is 5.92 Å². The average molecular weight is 263 g/mol. The first-order valence-electron chi connectivity index (χ1n) is 4.31. The van der Waals surface area contributed by atoms with Crippen LogP contribution in [0.2, 0.25) is 0 Å². The quantitative estimate of drug-likeness (QED) is 0.724. The van der Waals surface area contributed by atoms with E-state index in [1.54, 1.807) is 23.2 Å². The molecule has 0 saturated carbocycles. The minimum atomic E-state index is -2.55. The molecule has 5 heteroatoms. The topological polar surface area (TPSA) is 16.1 Å². The fourth-order valence-electron chi connectivity index (χ4n) is 1.51. The summed E-state index contributed by atoms with van der Waals surface area (Å²) in [6.45, 7) is 0.201. The molecule has 2 heterocycles. The van der Waals surface area contributed by atoms with E-state index in [4.69, 9.17) is 0 Å². The Hall–Kier alpha value is -0.710. The summed E-state index contributed by atoms with van der Waals surface area (Å²) in [7, 11) is 0. The van der Waals surface area contributed by atoms with Crippen molar-refractivity contribution in [1.29, 1.82) is 0 Å². The number of hydrogen-bond acceptors (Lipinski definition) is 2. The molecule has 1 aromatic rings. The Bertz CT molecular complexity index is 326. The number of alkyl halides is 2.